The van der Waals surface area contributed by atoms with Crippen molar-refractivity contribution in [3.63, 3.8) is 0 Å². The highest BCUT2D eigenvalue weighted by molar-refractivity contribution is 7.91. The van der Waals surface area contributed by atoms with Crippen LogP contribution in [0.1, 0.15) is 24.6 Å². The Morgan fingerprint density at radius 2 is 2.33 bits per heavy atom. The second-order valence-electron chi connectivity index (χ2n) is 4.55. The zero-order chi connectivity index (χ0) is 13.2. The summed E-state index contributed by atoms with van der Waals surface area (Å²) in [4.78, 5) is 0.389. The maximum Gasteiger partial charge on any atom is 0.250 e. The molecule has 1 N–H and O–H groups in total. The molecule has 1 fully saturated rings. The van der Waals surface area contributed by atoms with Crippen molar-refractivity contribution in [1.29, 1.82) is 5.26 Å². The van der Waals surface area contributed by atoms with Crippen LogP contribution in [-0.2, 0) is 14.8 Å². The molecule has 5 nitrogen and oxygen atoms in total. The Morgan fingerprint density at radius 3 is 2.89 bits per heavy atom. The third-order valence-electron chi connectivity index (χ3n) is 2.78. The summed E-state index contributed by atoms with van der Waals surface area (Å²) < 4.78 is 32.5. The van der Waals surface area contributed by atoms with E-state index in [1.807, 2.05) is 13.0 Å². The fourth-order valence-electron chi connectivity index (χ4n) is 1.91. The molecule has 0 radical (unpaired) electrons. The smallest absolute Gasteiger partial charge is 0.250 e. The Labute approximate surface area is 110 Å². The van der Waals surface area contributed by atoms with Crippen molar-refractivity contribution in [3.8, 4) is 6.07 Å². The minimum atomic E-state index is -3.57. The molecule has 98 valence electrons. The number of nitrogens with one attached hydrogen (secondary N) is 1. The van der Waals surface area contributed by atoms with Gasteiger partial charge < -0.3 is 4.74 Å². The molecule has 2 rings (SSSR count). The second-order valence-corrected chi connectivity index (χ2v) is 7.55. The molecule has 0 bridgehead atoms. The fraction of sp³-hybridized carbons (Fsp3) is 0.545. The zero-order valence-electron chi connectivity index (χ0n) is 9.97. The van der Waals surface area contributed by atoms with Crippen LogP contribution in [0.5, 0.6) is 0 Å². The number of thiophene rings is 1. The molecule has 18 heavy (non-hydrogen) atoms. The third kappa shape index (κ3) is 2.90. The summed E-state index contributed by atoms with van der Waals surface area (Å²) >= 11 is 0.975. The van der Waals surface area contributed by atoms with Crippen LogP contribution in [0.2, 0.25) is 0 Å². The maximum absolute atomic E-state index is 12.2. The molecule has 0 aromatic carbocycles. The van der Waals surface area contributed by atoms with Crippen molar-refractivity contribution in [1.82, 2.24) is 4.72 Å². The molecule has 1 aliphatic rings. The molecular weight excluding hydrogens is 272 g/mol. The highest BCUT2D eigenvalue weighted by atomic mass is 32.2. The number of rotatable bonds is 3. The van der Waals surface area contributed by atoms with Crippen LogP contribution >= 0.6 is 11.3 Å². The summed E-state index contributed by atoms with van der Waals surface area (Å²) in [5, 5.41) is 8.71. The van der Waals surface area contributed by atoms with Crippen molar-refractivity contribution in [2.75, 3.05) is 13.2 Å². The topological polar surface area (TPSA) is 79.2 Å². The van der Waals surface area contributed by atoms with E-state index in [4.69, 9.17) is 10.00 Å². The van der Waals surface area contributed by atoms with E-state index < -0.39 is 15.6 Å². The Morgan fingerprint density at radius 1 is 1.56 bits per heavy atom. The van der Waals surface area contributed by atoms with Crippen molar-refractivity contribution in [2.24, 2.45) is 0 Å². The first-order valence-corrected chi connectivity index (χ1v) is 7.87. The van der Waals surface area contributed by atoms with E-state index in [1.54, 1.807) is 0 Å². The van der Waals surface area contributed by atoms with Gasteiger partial charge in [-0.1, -0.05) is 0 Å². The molecule has 1 aliphatic heterocycles. The summed E-state index contributed by atoms with van der Waals surface area (Å²) in [6, 6.07) is 4.90. The average molecular weight is 286 g/mol. The van der Waals surface area contributed by atoms with Crippen molar-refractivity contribution >= 4 is 21.4 Å². The van der Waals surface area contributed by atoms with Crippen LogP contribution in [0, 0.1) is 11.3 Å². The Kier molecular flexibility index (Phi) is 3.73. The van der Waals surface area contributed by atoms with Gasteiger partial charge in [-0.2, -0.15) is 5.26 Å². The zero-order valence-corrected chi connectivity index (χ0v) is 11.6. The number of nitrogens with zero attached hydrogens (tertiary/aromatic N) is 1. The van der Waals surface area contributed by atoms with E-state index in [1.165, 1.54) is 12.1 Å². The molecule has 0 amide bonds. The van der Waals surface area contributed by atoms with E-state index >= 15 is 0 Å². The first-order valence-electron chi connectivity index (χ1n) is 5.57. The monoisotopic (exact) mass is 286 g/mol. The van der Waals surface area contributed by atoms with Gasteiger partial charge in [0.25, 0.3) is 10.0 Å². The van der Waals surface area contributed by atoms with E-state index in [0.717, 1.165) is 24.2 Å². The molecule has 2 heterocycles. The first kappa shape index (κ1) is 13.5. The van der Waals surface area contributed by atoms with Crippen LogP contribution in [0.15, 0.2) is 16.3 Å². The highest BCUT2D eigenvalue weighted by Gasteiger charge is 2.33. The van der Waals surface area contributed by atoms with E-state index in [9.17, 15) is 8.42 Å². The molecule has 0 saturated carbocycles. The van der Waals surface area contributed by atoms with Crippen molar-refractivity contribution < 1.29 is 13.2 Å². The van der Waals surface area contributed by atoms with E-state index in [0.29, 0.717) is 18.1 Å². The minimum Gasteiger partial charge on any atom is -0.380 e. The van der Waals surface area contributed by atoms with Crippen LogP contribution in [0.3, 0.4) is 0 Å². The normalized spacial score (nSPS) is 24.7. The predicted octanol–water partition coefficient (Wildman–Crippen LogP) is 1.47. The largest absolute Gasteiger partial charge is 0.380 e. The number of hydrogen-bond acceptors (Lipinski definition) is 5. The van der Waals surface area contributed by atoms with Gasteiger partial charge in [0, 0.05) is 6.61 Å². The first-order chi connectivity index (χ1) is 8.45. The Balaban J connectivity index is 2.19. The number of sulfonamides is 1. The average Bonchev–Trinajstić information content (AvgIpc) is 2.77. The van der Waals surface area contributed by atoms with Crippen LogP contribution in [-0.4, -0.2) is 27.2 Å². The van der Waals surface area contributed by atoms with Crippen LogP contribution < -0.4 is 4.72 Å². The Hall–Kier alpha value is -0.940. The molecule has 1 atom stereocenters. The van der Waals surface area contributed by atoms with Crippen LogP contribution in [0.25, 0.3) is 0 Å². The maximum atomic E-state index is 12.2. The molecule has 1 saturated heterocycles. The Bertz CT molecular complexity index is 565. The highest BCUT2D eigenvalue weighted by Crippen LogP contribution is 2.25. The van der Waals surface area contributed by atoms with Crippen molar-refractivity contribution in [2.45, 2.75) is 29.5 Å². The summed E-state index contributed by atoms with van der Waals surface area (Å²) in [5.74, 6) is 0. The van der Waals surface area contributed by atoms with Gasteiger partial charge in [-0.05, 0) is 31.9 Å². The quantitative estimate of drug-likeness (QED) is 0.912. The number of hydrogen-bond donors (Lipinski definition) is 1. The fourth-order valence-corrected chi connectivity index (χ4v) is 4.44. The predicted molar refractivity (Wildman–Crippen MR) is 67.8 cm³/mol. The van der Waals surface area contributed by atoms with Gasteiger partial charge in [0.05, 0.1) is 12.1 Å². The lowest BCUT2D eigenvalue weighted by Gasteiger charge is -2.33. The molecule has 0 aliphatic carbocycles. The SMILES string of the molecule is CC1(NS(=O)(=O)c2ccc(C#N)s2)CCCOC1. The summed E-state index contributed by atoms with van der Waals surface area (Å²) in [7, 11) is -3.57. The van der Waals surface area contributed by atoms with E-state index in [2.05, 4.69) is 4.72 Å². The number of nitriles is 1. The van der Waals surface area contributed by atoms with Crippen LogP contribution in [0.4, 0.5) is 0 Å². The minimum absolute atomic E-state index is 0.172. The molecule has 1 aromatic heterocycles. The molecule has 0 spiro atoms. The van der Waals surface area contributed by atoms with Gasteiger partial charge in [-0.15, -0.1) is 11.3 Å². The molecule has 7 heteroatoms. The standard InChI is InChI=1S/C11H14N2O3S2/c1-11(5-2-6-16-8-11)13-18(14,15)10-4-3-9(7-12)17-10/h3-4,13H,2,5-6,8H2,1H3. The van der Waals surface area contributed by atoms with Gasteiger partial charge in [-0.25, -0.2) is 13.1 Å². The lowest BCUT2D eigenvalue weighted by Crippen LogP contribution is -2.51. The summed E-state index contributed by atoms with van der Waals surface area (Å²) in [6.07, 6.45) is 1.59. The molecule has 1 aromatic rings. The van der Waals surface area contributed by atoms with Gasteiger partial charge >= 0.3 is 0 Å². The lowest BCUT2D eigenvalue weighted by molar-refractivity contribution is 0.0387. The molecular formula is C11H14N2O3S2. The third-order valence-corrected chi connectivity index (χ3v) is 5.90. The van der Waals surface area contributed by atoms with Gasteiger partial charge in [0.1, 0.15) is 15.2 Å². The van der Waals surface area contributed by atoms with E-state index in [-0.39, 0.29) is 4.21 Å². The van der Waals surface area contributed by atoms with Gasteiger partial charge in [0.15, 0.2) is 0 Å². The van der Waals surface area contributed by atoms with Gasteiger partial charge in [0.2, 0.25) is 0 Å². The lowest BCUT2D eigenvalue weighted by atomic mass is 9.97. The second kappa shape index (κ2) is 4.97. The van der Waals surface area contributed by atoms with Crippen molar-refractivity contribution in [3.05, 3.63) is 17.0 Å². The number of ether oxygens (including phenoxy) is 1. The van der Waals surface area contributed by atoms with Gasteiger partial charge in [-0.3, -0.25) is 0 Å². The summed E-state index contributed by atoms with van der Waals surface area (Å²) in [5.41, 5.74) is -0.562. The summed E-state index contributed by atoms with van der Waals surface area (Å²) in [6.45, 7) is 2.89. The molecule has 1 unspecified atom stereocenters.